The van der Waals surface area contributed by atoms with E-state index >= 15 is 0 Å². The van der Waals surface area contributed by atoms with Gasteiger partial charge in [0, 0.05) is 0 Å². The average Bonchev–Trinajstić information content (AvgIpc) is 2.29. The van der Waals surface area contributed by atoms with E-state index < -0.39 is 12.2 Å². The lowest BCUT2D eigenvalue weighted by Gasteiger charge is -2.21. The van der Waals surface area contributed by atoms with Gasteiger partial charge in [-0.15, -0.1) is 0 Å². The first kappa shape index (κ1) is 14.8. The van der Waals surface area contributed by atoms with Crippen LogP contribution in [0.15, 0.2) is 18.2 Å². The summed E-state index contributed by atoms with van der Waals surface area (Å²) in [7, 11) is 0. The van der Waals surface area contributed by atoms with E-state index in [1.807, 2.05) is 19.1 Å². The van der Waals surface area contributed by atoms with Crippen LogP contribution in [0.2, 0.25) is 10.0 Å². The molecule has 0 saturated heterocycles. The molecule has 0 fully saturated rings. The number of hydrogen-bond donors (Lipinski definition) is 2. The number of rotatable bonds is 5. The Morgan fingerprint density at radius 2 is 1.82 bits per heavy atom. The van der Waals surface area contributed by atoms with Crippen LogP contribution in [0.3, 0.4) is 0 Å². The van der Waals surface area contributed by atoms with Gasteiger partial charge in [0.2, 0.25) is 0 Å². The minimum absolute atomic E-state index is 0.175. The van der Waals surface area contributed by atoms with Crippen molar-refractivity contribution in [3.05, 3.63) is 33.8 Å². The van der Waals surface area contributed by atoms with Crippen LogP contribution in [0, 0.1) is 0 Å². The first-order valence-corrected chi connectivity index (χ1v) is 6.52. The molecule has 17 heavy (non-hydrogen) atoms. The summed E-state index contributed by atoms with van der Waals surface area (Å²) >= 11 is 11.8. The molecule has 3 atom stereocenters. The Balaban J connectivity index is 2.82. The SMILES string of the molecule is CCC(CC(O)C(C)O)c1ccc(Cl)c(Cl)c1. The summed E-state index contributed by atoms with van der Waals surface area (Å²) in [5.74, 6) is 0.175. The minimum atomic E-state index is -0.716. The lowest BCUT2D eigenvalue weighted by molar-refractivity contribution is 0.0215. The molecule has 0 spiro atoms. The molecule has 4 heteroatoms. The molecule has 0 bridgehead atoms. The molecule has 2 N–H and O–H groups in total. The Hall–Kier alpha value is -0.280. The van der Waals surface area contributed by atoms with E-state index in [-0.39, 0.29) is 5.92 Å². The summed E-state index contributed by atoms with van der Waals surface area (Å²) < 4.78 is 0. The smallest absolute Gasteiger partial charge is 0.0802 e. The molecule has 0 heterocycles. The van der Waals surface area contributed by atoms with Crippen LogP contribution in [0.25, 0.3) is 0 Å². The van der Waals surface area contributed by atoms with Gasteiger partial charge in [0.05, 0.1) is 22.3 Å². The van der Waals surface area contributed by atoms with Gasteiger partial charge < -0.3 is 10.2 Å². The standard InChI is InChI=1S/C13H18Cl2O2/c1-3-9(7-13(17)8(2)16)10-4-5-11(14)12(15)6-10/h4-6,8-9,13,16-17H,3,7H2,1-2H3. The highest BCUT2D eigenvalue weighted by Gasteiger charge is 2.19. The highest BCUT2D eigenvalue weighted by Crippen LogP contribution is 2.30. The maximum absolute atomic E-state index is 9.70. The van der Waals surface area contributed by atoms with E-state index in [0.717, 1.165) is 12.0 Å². The van der Waals surface area contributed by atoms with E-state index in [4.69, 9.17) is 23.2 Å². The summed E-state index contributed by atoms with van der Waals surface area (Å²) in [4.78, 5) is 0. The number of hydrogen-bond acceptors (Lipinski definition) is 2. The summed E-state index contributed by atoms with van der Waals surface area (Å²) in [5.41, 5.74) is 1.04. The minimum Gasteiger partial charge on any atom is -0.391 e. The number of aliphatic hydroxyl groups excluding tert-OH is 2. The Morgan fingerprint density at radius 1 is 1.18 bits per heavy atom. The fraction of sp³-hybridized carbons (Fsp3) is 0.538. The van der Waals surface area contributed by atoms with Crippen molar-refractivity contribution in [1.29, 1.82) is 0 Å². The van der Waals surface area contributed by atoms with Crippen LogP contribution in [-0.2, 0) is 0 Å². The van der Waals surface area contributed by atoms with Crippen molar-refractivity contribution in [2.45, 2.75) is 44.8 Å². The topological polar surface area (TPSA) is 40.5 Å². The van der Waals surface area contributed by atoms with Gasteiger partial charge >= 0.3 is 0 Å². The van der Waals surface area contributed by atoms with Gasteiger partial charge in [-0.3, -0.25) is 0 Å². The average molecular weight is 277 g/mol. The lowest BCUT2D eigenvalue weighted by atomic mass is 9.89. The number of benzene rings is 1. The first-order chi connectivity index (χ1) is 7.95. The predicted octanol–water partition coefficient (Wildman–Crippen LogP) is 3.62. The Labute approximate surface area is 112 Å². The van der Waals surface area contributed by atoms with Crippen LogP contribution in [0.5, 0.6) is 0 Å². The van der Waals surface area contributed by atoms with E-state index in [9.17, 15) is 10.2 Å². The Kier molecular flexibility index (Phi) is 5.74. The molecular formula is C13H18Cl2O2. The van der Waals surface area contributed by atoms with Gasteiger partial charge in [-0.1, -0.05) is 36.2 Å². The third kappa shape index (κ3) is 4.14. The summed E-state index contributed by atoms with van der Waals surface area (Å²) in [5, 5.41) is 20.1. The monoisotopic (exact) mass is 276 g/mol. The largest absolute Gasteiger partial charge is 0.391 e. The highest BCUT2D eigenvalue weighted by molar-refractivity contribution is 6.42. The van der Waals surface area contributed by atoms with Crippen molar-refractivity contribution in [2.24, 2.45) is 0 Å². The molecule has 0 aliphatic rings. The van der Waals surface area contributed by atoms with Crippen molar-refractivity contribution in [2.75, 3.05) is 0 Å². The van der Waals surface area contributed by atoms with Crippen molar-refractivity contribution < 1.29 is 10.2 Å². The van der Waals surface area contributed by atoms with Gasteiger partial charge in [0.1, 0.15) is 0 Å². The fourth-order valence-corrected chi connectivity index (χ4v) is 2.10. The molecule has 1 rings (SSSR count). The zero-order valence-electron chi connectivity index (χ0n) is 10.0. The molecule has 0 amide bonds. The molecular weight excluding hydrogens is 259 g/mol. The summed E-state index contributed by atoms with van der Waals surface area (Å²) in [6.07, 6.45) is -0.0327. The maximum atomic E-state index is 9.70. The molecule has 1 aromatic carbocycles. The fourth-order valence-electron chi connectivity index (χ4n) is 1.79. The summed E-state index contributed by atoms with van der Waals surface area (Å²) in [6, 6.07) is 5.50. The lowest BCUT2D eigenvalue weighted by Crippen LogP contribution is -2.24. The highest BCUT2D eigenvalue weighted by atomic mass is 35.5. The van der Waals surface area contributed by atoms with Crippen LogP contribution < -0.4 is 0 Å². The third-order valence-electron chi connectivity index (χ3n) is 2.99. The predicted molar refractivity (Wildman–Crippen MR) is 71.8 cm³/mol. The van der Waals surface area contributed by atoms with E-state index in [0.29, 0.717) is 16.5 Å². The molecule has 3 unspecified atom stereocenters. The first-order valence-electron chi connectivity index (χ1n) is 5.76. The number of aliphatic hydroxyl groups is 2. The second-order valence-electron chi connectivity index (χ2n) is 4.32. The molecule has 2 nitrogen and oxygen atoms in total. The van der Waals surface area contributed by atoms with E-state index in [1.165, 1.54) is 0 Å². The zero-order chi connectivity index (χ0) is 13.0. The molecule has 0 radical (unpaired) electrons. The molecule has 0 aliphatic carbocycles. The quantitative estimate of drug-likeness (QED) is 0.863. The van der Waals surface area contributed by atoms with Crippen LogP contribution in [-0.4, -0.2) is 22.4 Å². The molecule has 0 aliphatic heterocycles. The molecule has 0 saturated carbocycles. The van der Waals surface area contributed by atoms with Crippen molar-refractivity contribution >= 4 is 23.2 Å². The van der Waals surface area contributed by atoms with E-state index in [1.54, 1.807) is 13.0 Å². The van der Waals surface area contributed by atoms with Gasteiger partial charge in [-0.05, 0) is 43.4 Å². The van der Waals surface area contributed by atoms with E-state index in [2.05, 4.69) is 0 Å². The Bertz CT molecular complexity index is 366. The van der Waals surface area contributed by atoms with Crippen LogP contribution in [0.4, 0.5) is 0 Å². The van der Waals surface area contributed by atoms with Gasteiger partial charge in [-0.2, -0.15) is 0 Å². The summed E-state index contributed by atoms with van der Waals surface area (Å²) in [6.45, 7) is 3.63. The third-order valence-corrected chi connectivity index (χ3v) is 3.73. The number of halogens is 2. The van der Waals surface area contributed by atoms with Crippen molar-refractivity contribution in [3.8, 4) is 0 Å². The maximum Gasteiger partial charge on any atom is 0.0802 e. The van der Waals surface area contributed by atoms with Crippen LogP contribution in [0.1, 0.15) is 38.2 Å². The van der Waals surface area contributed by atoms with Gasteiger partial charge in [-0.25, -0.2) is 0 Å². The molecule has 0 aromatic heterocycles. The molecule has 96 valence electrons. The normalized spacial score (nSPS) is 16.6. The van der Waals surface area contributed by atoms with Gasteiger partial charge in [0.15, 0.2) is 0 Å². The van der Waals surface area contributed by atoms with Crippen molar-refractivity contribution in [3.63, 3.8) is 0 Å². The zero-order valence-corrected chi connectivity index (χ0v) is 11.5. The second kappa shape index (κ2) is 6.60. The Morgan fingerprint density at radius 3 is 2.29 bits per heavy atom. The second-order valence-corrected chi connectivity index (χ2v) is 5.14. The molecule has 1 aromatic rings. The van der Waals surface area contributed by atoms with Gasteiger partial charge in [0.25, 0.3) is 0 Å². The van der Waals surface area contributed by atoms with Crippen LogP contribution >= 0.6 is 23.2 Å². The van der Waals surface area contributed by atoms with Crippen molar-refractivity contribution in [1.82, 2.24) is 0 Å².